The Morgan fingerprint density at radius 3 is 2.85 bits per heavy atom. The molecule has 5 rings (SSSR count). The van der Waals surface area contributed by atoms with Crippen molar-refractivity contribution in [2.75, 3.05) is 18.7 Å². The molecule has 0 saturated heterocycles. The lowest BCUT2D eigenvalue weighted by molar-refractivity contribution is 0.174. The molecule has 1 aliphatic heterocycles. The fourth-order valence-corrected chi connectivity index (χ4v) is 4.85. The SMILES string of the molecule is O=c1ccnc2sc(NCC3(c4ccc5c(c4)OCO5)CCCCC3)nn12. The van der Waals surface area contributed by atoms with Crippen LogP contribution in [0.3, 0.4) is 0 Å². The minimum atomic E-state index is -0.160. The molecule has 0 atom stereocenters. The second-order valence-electron chi connectivity index (χ2n) is 7.15. The third kappa shape index (κ3) is 2.93. The number of nitrogens with zero attached hydrogens (tertiary/aromatic N) is 3. The van der Waals surface area contributed by atoms with Gasteiger partial charge in [-0.25, -0.2) is 4.98 Å². The molecule has 140 valence electrons. The number of nitrogens with one attached hydrogen (secondary N) is 1. The van der Waals surface area contributed by atoms with Crippen LogP contribution >= 0.6 is 11.3 Å². The smallest absolute Gasteiger partial charge is 0.275 e. The molecule has 2 aliphatic rings. The van der Waals surface area contributed by atoms with Gasteiger partial charge in [0.1, 0.15) is 0 Å². The molecule has 1 saturated carbocycles. The number of benzene rings is 1. The van der Waals surface area contributed by atoms with Crippen molar-refractivity contribution >= 4 is 21.4 Å². The molecule has 1 fully saturated rings. The molecular weight excluding hydrogens is 364 g/mol. The fourth-order valence-electron chi connectivity index (χ4n) is 4.08. The summed E-state index contributed by atoms with van der Waals surface area (Å²) in [6, 6.07) is 7.71. The minimum absolute atomic E-state index is 0.0233. The van der Waals surface area contributed by atoms with Crippen LogP contribution in [0.1, 0.15) is 37.7 Å². The number of aromatic nitrogens is 3. The third-order valence-electron chi connectivity index (χ3n) is 5.54. The van der Waals surface area contributed by atoms with Crippen molar-refractivity contribution < 1.29 is 9.47 Å². The summed E-state index contributed by atoms with van der Waals surface area (Å²) in [7, 11) is 0. The van der Waals surface area contributed by atoms with E-state index in [9.17, 15) is 4.79 Å². The highest BCUT2D eigenvalue weighted by Gasteiger charge is 2.35. The van der Waals surface area contributed by atoms with Gasteiger partial charge in [-0.3, -0.25) is 4.79 Å². The second-order valence-corrected chi connectivity index (χ2v) is 8.10. The van der Waals surface area contributed by atoms with E-state index in [1.165, 1.54) is 52.9 Å². The van der Waals surface area contributed by atoms with Gasteiger partial charge in [0.25, 0.3) is 5.56 Å². The first-order chi connectivity index (χ1) is 13.2. The maximum absolute atomic E-state index is 11.9. The van der Waals surface area contributed by atoms with E-state index in [2.05, 4.69) is 27.5 Å². The van der Waals surface area contributed by atoms with Crippen LogP contribution in [0.15, 0.2) is 35.3 Å². The lowest BCUT2D eigenvalue weighted by Crippen LogP contribution is -2.36. The number of hydrogen-bond acceptors (Lipinski definition) is 7. The van der Waals surface area contributed by atoms with Gasteiger partial charge in [0.05, 0.1) is 0 Å². The van der Waals surface area contributed by atoms with Crippen molar-refractivity contribution in [1.29, 1.82) is 0 Å². The normalized spacial score (nSPS) is 17.9. The summed E-state index contributed by atoms with van der Waals surface area (Å²) >= 11 is 1.40. The predicted molar refractivity (Wildman–Crippen MR) is 103 cm³/mol. The van der Waals surface area contributed by atoms with Crippen molar-refractivity contribution in [3.8, 4) is 11.5 Å². The van der Waals surface area contributed by atoms with E-state index in [-0.39, 0.29) is 17.8 Å². The first-order valence-electron chi connectivity index (χ1n) is 9.22. The fraction of sp³-hybridized carbons (Fsp3) is 0.421. The number of anilines is 1. The van der Waals surface area contributed by atoms with Crippen molar-refractivity contribution in [2.24, 2.45) is 0 Å². The molecule has 2 aromatic heterocycles. The van der Waals surface area contributed by atoms with Gasteiger partial charge < -0.3 is 14.8 Å². The Hall–Kier alpha value is -2.61. The highest BCUT2D eigenvalue weighted by atomic mass is 32.1. The quantitative estimate of drug-likeness (QED) is 0.744. The summed E-state index contributed by atoms with van der Waals surface area (Å²) < 4.78 is 12.4. The standard InChI is InChI=1S/C19H20N4O3S/c24-16-6-9-20-18-23(16)22-17(27-18)21-11-19(7-2-1-3-8-19)13-4-5-14-15(10-13)26-12-25-14/h4-6,9-10H,1-3,7-8,11-12H2,(H,21,22). The topological polar surface area (TPSA) is 77.8 Å². The Kier molecular flexibility index (Phi) is 4.00. The third-order valence-corrected chi connectivity index (χ3v) is 6.42. The van der Waals surface area contributed by atoms with Crippen LogP contribution < -0.4 is 20.3 Å². The molecule has 0 spiro atoms. The van der Waals surface area contributed by atoms with Crippen LogP contribution in [-0.4, -0.2) is 27.9 Å². The number of hydrogen-bond donors (Lipinski definition) is 1. The first kappa shape index (κ1) is 16.6. The van der Waals surface area contributed by atoms with Crippen LogP contribution in [-0.2, 0) is 5.41 Å². The highest BCUT2D eigenvalue weighted by Crippen LogP contribution is 2.43. The molecule has 0 unspecified atom stereocenters. The Morgan fingerprint density at radius 1 is 1.15 bits per heavy atom. The summed E-state index contributed by atoms with van der Waals surface area (Å²) in [5.74, 6) is 1.64. The van der Waals surface area contributed by atoms with Gasteiger partial charge in [-0.2, -0.15) is 4.52 Å². The van der Waals surface area contributed by atoms with E-state index in [0.717, 1.165) is 36.0 Å². The van der Waals surface area contributed by atoms with Crippen LogP contribution in [0.25, 0.3) is 4.96 Å². The van der Waals surface area contributed by atoms with Gasteiger partial charge in [-0.1, -0.05) is 36.7 Å². The molecule has 1 aliphatic carbocycles. The van der Waals surface area contributed by atoms with Crippen molar-refractivity contribution in [3.63, 3.8) is 0 Å². The maximum atomic E-state index is 11.9. The van der Waals surface area contributed by atoms with Crippen molar-refractivity contribution in [2.45, 2.75) is 37.5 Å². The van der Waals surface area contributed by atoms with E-state index in [0.29, 0.717) is 4.96 Å². The monoisotopic (exact) mass is 384 g/mol. The Morgan fingerprint density at radius 2 is 2.00 bits per heavy atom. The molecule has 7 nitrogen and oxygen atoms in total. The zero-order valence-electron chi connectivity index (χ0n) is 14.8. The largest absolute Gasteiger partial charge is 0.454 e. The number of rotatable bonds is 4. The Balaban J connectivity index is 1.44. The lowest BCUT2D eigenvalue weighted by atomic mass is 9.69. The van der Waals surface area contributed by atoms with Gasteiger partial charge in [0, 0.05) is 24.2 Å². The van der Waals surface area contributed by atoms with Crippen molar-refractivity contribution in [1.82, 2.24) is 14.6 Å². The Bertz CT molecular complexity index is 1040. The van der Waals surface area contributed by atoms with Gasteiger partial charge in [0.15, 0.2) is 11.5 Å². The molecule has 0 amide bonds. The van der Waals surface area contributed by atoms with Crippen LogP contribution in [0, 0.1) is 0 Å². The van der Waals surface area contributed by atoms with Gasteiger partial charge in [0.2, 0.25) is 16.9 Å². The van der Waals surface area contributed by atoms with Gasteiger partial charge in [-0.05, 0) is 30.5 Å². The average Bonchev–Trinajstić information content (AvgIpc) is 3.34. The maximum Gasteiger partial charge on any atom is 0.275 e. The zero-order chi connectivity index (χ0) is 18.3. The van der Waals surface area contributed by atoms with Crippen LogP contribution in [0.5, 0.6) is 11.5 Å². The lowest BCUT2D eigenvalue weighted by Gasteiger charge is -2.38. The van der Waals surface area contributed by atoms with Crippen molar-refractivity contribution in [3.05, 3.63) is 46.4 Å². The highest BCUT2D eigenvalue weighted by molar-refractivity contribution is 7.20. The summed E-state index contributed by atoms with van der Waals surface area (Å²) in [5.41, 5.74) is 1.14. The average molecular weight is 384 g/mol. The molecule has 27 heavy (non-hydrogen) atoms. The molecule has 3 heterocycles. The van der Waals surface area contributed by atoms with Crippen LogP contribution in [0.4, 0.5) is 5.13 Å². The number of fused-ring (bicyclic) bond motifs is 2. The molecule has 0 radical (unpaired) electrons. The molecule has 1 aromatic carbocycles. The molecule has 3 aromatic rings. The first-order valence-corrected chi connectivity index (χ1v) is 10.0. The summed E-state index contributed by atoms with van der Waals surface area (Å²) in [6.07, 6.45) is 7.43. The van der Waals surface area contributed by atoms with E-state index in [1.807, 2.05) is 6.07 Å². The van der Waals surface area contributed by atoms with E-state index >= 15 is 0 Å². The van der Waals surface area contributed by atoms with E-state index < -0.39 is 0 Å². The van der Waals surface area contributed by atoms with E-state index in [1.54, 1.807) is 0 Å². The minimum Gasteiger partial charge on any atom is -0.454 e. The van der Waals surface area contributed by atoms with Gasteiger partial charge >= 0.3 is 0 Å². The summed E-state index contributed by atoms with van der Waals surface area (Å²) in [5, 5.41) is 8.58. The van der Waals surface area contributed by atoms with Gasteiger partial charge in [-0.15, -0.1) is 5.10 Å². The summed E-state index contributed by atoms with van der Waals surface area (Å²) in [6.45, 7) is 1.05. The molecular formula is C19H20N4O3S. The van der Waals surface area contributed by atoms with E-state index in [4.69, 9.17) is 9.47 Å². The molecule has 8 heteroatoms. The molecule has 1 N–H and O–H groups in total. The van der Waals surface area contributed by atoms with Crippen LogP contribution in [0.2, 0.25) is 0 Å². The second kappa shape index (κ2) is 6.53. The molecule has 0 bridgehead atoms. The summed E-state index contributed by atoms with van der Waals surface area (Å²) in [4.78, 5) is 16.7. The number of ether oxygens (including phenoxy) is 2. The predicted octanol–water partition coefficient (Wildman–Crippen LogP) is 3.19. The zero-order valence-corrected chi connectivity index (χ0v) is 15.6. The Labute approximate surface area is 160 Å².